The molecule has 47 heavy (non-hydrogen) atoms. The summed E-state index contributed by atoms with van der Waals surface area (Å²) in [6, 6.07) is 8.72. The fourth-order valence-corrected chi connectivity index (χ4v) is 7.55. The smallest absolute Gasteiger partial charge is 0.264 e. The number of aliphatic hydroxyl groups excluding tert-OH is 1. The van der Waals surface area contributed by atoms with Gasteiger partial charge >= 0.3 is 0 Å². The monoisotopic (exact) mass is 663 g/mol. The van der Waals surface area contributed by atoms with Gasteiger partial charge in [0.15, 0.2) is 11.2 Å². The Morgan fingerprint density at radius 1 is 1.17 bits per heavy atom. The minimum Gasteiger partial charge on any atom is -0.393 e. The summed E-state index contributed by atoms with van der Waals surface area (Å²) in [4.78, 5) is 24.7. The third-order valence-corrected chi connectivity index (χ3v) is 10.2. The van der Waals surface area contributed by atoms with Gasteiger partial charge in [-0.05, 0) is 68.0 Å². The zero-order valence-electron chi connectivity index (χ0n) is 26.1. The van der Waals surface area contributed by atoms with Gasteiger partial charge in [-0.2, -0.15) is 5.10 Å². The molecule has 2 aliphatic rings. The van der Waals surface area contributed by atoms with E-state index in [0.29, 0.717) is 39.2 Å². The van der Waals surface area contributed by atoms with Gasteiger partial charge in [0.1, 0.15) is 6.17 Å². The van der Waals surface area contributed by atoms with Crippen LogP contribution in [0.15, 0.2) is 54.4 Å². The maximum absolute atomic E-state index is 14.6. The number of fused-ring (bicyclic) bond motifs is 2. The van der Waals surface area contributed by atoms with E-state index in [1.165, 1.54) is 34.6 Å². The molecule has 1 fully saturated rings. The summed E-state index contributed by atoms with van der Waals surface area (Å²) in [5.41, 5.74) is 4.30. The van der Waals surface area contributed by atoms with Crippen LogP contribution in [0, 0.1) is 6.92 Å². The van der Waals surface area contributed by atoms with Gasteiger partial charge in [-0.25, -0.2) is 23.1 Å². The molecule has 3 aromatic heterocycles. The Labute approximate surface area is 274 Å². The van der Waals surface area contributed by atoms with E-state index in [1.807, 2.05) is 31.2 Å². The van der Waals surface area contributed by atoms with E-state index in [0.717, 1.165) is 43.4 Å². The molecule has 5 aromatic rings. The van der Waals surface area contributed by atoms with Crippen LogP contribution in [0.5, 0.6) is 0 Å². The van der Waals surface area contributed by atoms with E-state index in [-0.39, 0.29) is 30.0 Å². The Hall–Kier alpha value is -4.07. The number of alkyl halides is 3. The van der Waals surface area contributed by atoms with Crippen molar-refractivity contribution in [3.63, 3.8) is 0 Å². The first kappa shape index (κ1) is 31.5. The molecule has 0 radical (unpaired) electrons. The van der Waals surface area contributed by atoms with Gasteiger partial charge in [0.2, 0.25) is 0 Å². The Kier molecular flexibility index (Phi) is 8.62. The summed E-state index contributed by atoms with van der Waals surface area (Å²) in [5.74, 6) is -0.502. The Morgan fingerprint density at radius 3 is 2.64 bits per heavy atom. The number of benzene rings is 2. The average molecular weight is 664 g/mol. The highest BCUT2D eigenvalue weighted by atomic mass is 32.1. The van der Waals surface area contributed by atoms with Crippen molar-refractivity contribution in [2.24, 2.45) is 0 Å². The summed E-state index contributed by atoms with van der Waals surface area (Å²) >= 11 is 1.24. The lowest BCUT2D eigenvalue weighted by atomic mass is 9.92. The maximum Gasteiger partial charge on any atom is 0.264 e. The van der Waals surface area contributed by atoms with Crippen molar-refractivity contribution in [2.75, 3.05) is 12.4 Å². The second-order valence-corrected chi connectivity index (χ2v) is 13.5. The van der Waals surface area contributed by atoms with Crippen molar-refractivity contribution in [1.29, 1.82) is 0 Å². The van der Waals surface area contributed by atoms with Gasteiger partial charge in [-0.15, -0.1) is 11.3 Å². The number of aromatic nitrogens is 5. The lowest BCUT2D eigenvalue weighted by molar-refractivity contribution is -0.118. The number of halogens is 3. The number of aliphatic hydroxyl groups is 1. The van der Waals surface area contributed by atoms with Crippen molar-refractivity contribution in [1.82, 2.24) is 29.2 Å². The third kappa shape index (κ3) is 6.19. The molecule has 1 amide bonds. The first-order valence-electron chi connectivity index (χ1n) is 15.8. The Balaban J connectivity index is 1.24. The van der Waals surface area contributed by atoms with Crippen LogP contribution in [0.1, 0.15) is 66.2 Å². The second-order valence-electron chi connectivity index (χ2n) is 12.6. The standard InChI is InChI=1S/C34H36F3N7O2S/c1-19-25(21-5-3-20(4-6-21)15-42(2)23-7-9-24(45)10-8-23)14-26(32(36)37)27-17-44(41-29(19)27)31(33(46)40-34-38-11-12-47-34)30-28-13-22(35)16-43(28)18-39-30/h3-6,11-12,14,17-18,22-24,31-32,45H,7-10,13,15-16H2,1-2H3,(H,38,40,46)/t22-,23?,24?,31?/m1/s1. The van der Waals surface area contributed by atoms with Crippen LogP contribution in [0.4, 0.5) is 18.3 Å². The van der Waals surface area contributed by atoms with Gasteiger partial charge < -0.3 is 9.67 Å². The molecule has 0 spiro atoms. The number of rotatable bonds is 9. The molecule has 2 aromatic carbocycles. The maximum atomic E-state index is 14.6. The molecule has 246 valence electrons. The Bertz CT molecular complexity index is 1880. The van der Waals surface area contributed by atoms with Crippen LogP contribution in [0.3, 0.4) is 0 Å². The fourth-order valence-electron chi connectivity index (χ4n) is 7.01. The molecular formula is C34H36F3N7O2S. The number of thiazole rings is 1. The molecule has 13 heteroatoms. The predicted molar refractivity (Wildman–Crippen MR) is 174 cm³/mol. The number of aryl methyl sites for hydroxylation is 1. The molecule has 1 unspecified atom stereocenters. The van der Waals surface area contributed by atoms with Crippen molar-refractivity contribution < 1.29 is 23.1 Å². The Morgan fingerprint density at radius 2 is 1.94 bits per heavy atom. The average Bonchev–Trinajstić information content (AvgIpc) is 3.85. The third-order valence-electron chi connectivity index (χ3n) is 9.55. The van der Waals surface area contributed by atoms with Crippen molar-refractivity contribution >= 4 is 33.3 Å². The number of imidazole rings is 1. The molecule has 4 heterocycles. The highest BCUT2D eigenvalue weighted by Gasteiger charge is 2.35. The van der Waals surface area contributed by atoms with Crippen LogP contribution < -0.4 is 5.32 Å². The van der Waals surface area contributed by atoms with Crippen molar-refractivity contribution in [3.05, 3.63) is 82.5 Å². The van der Waals surface area contributed by atoms with E-state index in [2.05, 4.69) is 27.2 Å². The minimum atomic E-state index is -2.79. The normalized spacial score (nSPS) is 20.3. The minimum absolute atomic E-state index is 0.0954. The van der Waals surface area contributed by atoms with E-state index in [1.54, 1.807) is 16.1 Å². The van der Waals surface area contributed by atoms with Crippen LogP contribution in [0.2, 0.25) is 0 Å². The summed E-state index contributed by atoms with van der Waals surface area (Å²) in [7, 11) is 2.10. The topological polar surface area (TPSA) is 101 Å². The number of carbonyl (C=O) groups excluding carboxylic acids is 1. The molecule has 0 bridgehead atoms. The second kappa shape index (κ2) is 12.9. The molecule has 1 aliphatic carbocycles. The van der Waals surface area contributed by atoms with E-state index in [9.17, 15) is 23.1 Å². The number of nitrogens with one attached hydrogen (secondary N) is 1. The largest absolute Gasteiger partial charge is 0.393 e. The predicted octanol–water partition coefficient (Wildman–Crippen LogP) is 6.46. The van der Waals surface area contributed by atoms with Gasteiger partial charge in [-0.3, -0.25) is 19.7 Å². The van der Waals surface area contributed by atoms with Crippen LogP contribution >= 0.6 is 11.3 Å². The first-order chi connectivity index (χ1) is 22.7. The lowest BCUT2D eigenvalue weighted by Crippen LogP contribution is -2.35. The summed E-state index contributed by atoms with van der Waals surface area (Å²) in [5, 5.41) is 19.7. The van der Waals surface area contributed by atoms with Gasteiger partial charge in [0, 0.05) is 53.4 Å². The molecular weight excluding hydrogens is 627 g/mol. The molecule has 7 rings (SSSR count). The summed E-state index contributed by atoms with van der Waals surface area (Å²) in [6.45, 7) is 2.73. The molecule has 1 aliphatic heterocycles. The van der Waals surface area contributed by atoms with E-state index < -0.39 is 24.5 Å². The highest BCUT2D eigenvalue weighted by Crippen LogP contribution is 2.38. The van der Waals surface area contributed by atoms with Crippen LogP contribution in [0.25, 0.3) is 22.0 Å². The number of hydrogen-bond acceptors (Lipinski definition) is 7. The summed E-state index contributed by atoms with van der Waals surface area (Å²) < 4.78 is 46.7. The number of anilines is 1. The molecule has 2 atom stereocenters. The number of amides is 1. The molecule has 2 N–H and O–H groups in total. The zero-order valence-corrected chi connectivity index (χ0v) is 26.9. The lowest BCUT2D eigenvalue weighted by Gasteiger charge is -2.33. The quantitative estimate of drug-likeness (QED) is 0.188. The van der Waals surface area contributed by atoms with E-state index in [4.69, 9.17) is 5.10 Å². The SMILES string of the molecule is Cc1c(-c2ccc(CN(C)C3CCC(O)CC3)cc2)cc(C(F)F)c2cn(C(C(=O)Nc3nccs3)c3ncn4c3C[C@@H](F)C4)nc12. The molecule has 1 saturated carbocycles. The zero-order chi connectivity index (χ0) is 32.8. The highest BCUT2D eigenvalue weighted by molar-refractivity contribution is 7.13. The van der Waals surface area contributed by atoms with Crippen LogP contribution in [-0.2, 0) is 24.3 Å². The van der Waals surface area contributed by atoms with Crippen molar-refractivity contribution in [3.8, 4) is 11.1 Å². The van der Waals surface area contributed by atoms with E-state index >= 15 is 0 Å². The van der Waals surface area contributed by atoms with Gasteiger partial charge in [0.25, 0.3) is 12.3 Å². The summed E-state index contributed by atoms with van der Waals surface area (Å²) in [6.07, 6.45) is 4.10. The van der Waals surface area contributed by atoms with Gasteiger partial charge in [-0.1, -0.05) is 24.3 Å². The first-order valence-corrected chi connectivity index (χ1v) is 16.7. The van der Waals surface area contributed by atoms with Gasteiger partial charge in [0.05, 0.1) is 30.2 Å². The number of hydrogen-bond donors (Lipinski definition) is 2. The van der Waals surface area contributed by atoms with Crippen LogP contribution in [-0.4, -0.2) is 65.6 Å². The number of nitrogens with zero attached hydrogens (tertiary/aromatic N) is 6. The molecule has 9 nitrogen and oxygen atoms in total. The molecule has 0 saturated heterocycles. The number of carbonyl (C=O) groups is 1. The van der Waals surface area contributed by atoms with Crippen molar-refractivity contribution in [2.45, 2.75) is 82.9 Å². The fraction of sp³-hybridized carbons (Fsp3) is 0.412.